The van der Waals surface area contributed by atoms with Crippen LogP contribution in [0.3, 0.4) is 0 Å². The average molecular weight is 277 g/mol. The number of aromatic nitrogens is 2. The lowest BCUT2D eigenvalue weighted by Crippen LogP contribution is -2.07. The number of benzene rings is 1. The number of anilines is 1. The van der Waals surface area contributed by atoms with Crippen molar-refractivity contribution < 1.29 is 8.78 Å². The Labute approximate surface area is 117 Å². The Balaban J connectivity index is 2.55. The molecule has 0 unspecified atom stereocenters. The molecule has 20 heavy (non-hydrogen) atoms. The fourth-order valence-electron chi connectivity index (χ4n) is 1.86. The van der Waals surface area contributed by atoms with Gasteiger partial charge >= 0.3 is 0 Å². The molecule has 106 valence electrons. The van der Waals surface area contributed by atoms with E-state index in [1.165, 1.54) is 12.1 Å². The van der Waals surface area contributed by atoms with Gasteiger partial charge in [0.15, 0.2) is 5.82 Å². The van der Waals surface area contributed by atoms with Gasteiger partial charge in [-0.2, -0.15) is 0 Å². The van der Waals surface area contributed by atoms with Crippen LogP contribution in [0.1, 0.15) is 24.7 Å². The Hall–Kier alpha value is -2.04. The monoisotopic (exact) mass is 277 g/mol. The second-order valence-electron chi connectivity index (χ2n) is 4.68. The van der Waals surface area contributed by atoms with E-state index in [1.807, 2.05) is 20.8 Å². The lowest BCUT2D eigenvalue weighted by atomic mass is 10.1. The summed E-state index contributed by atoms with van der Waals surface area (Å²) < 4.78 is 26.7. The zero-order valence-corrected chi connectivity index (χ0v) is 11.8. The summed E-state index contributed by atoms with van der Waals surface area (Å²) in [5, 5.41) is 3.15. The van der Waals surface area contributed by atoms with E-state index in [1.54, 1.807) is 0 Å². The molecular weight excluding hydrogens is 260 g/mol. The number of rotatable bonds is 4. The van der Waals surface area contributed by atoms with E-state index in [2.05, 4.69) is 15.3 Å². The first-order chi connectivity index (χ1) is 9.51. The summed E-state index contributed by atoms with van der Waals surface area (Å²) in [6.07, 6.45) is 0.922. The molecule has 0 atom stereocenters. The van der Waals surface area contributed by atoms with E-state index in [0.29, 0.717) is 17.1 Å². The molecule has 0 saturated heterocycles. The van der Waals surface area contributed by atoms with Crippen LogP contribution in [-0.4, -0.2) is 16.5 Å². The van der Waals surface area contributed by atoms with Gasteiger partial charge < -0.3 is 5.32 Å². The van der Waals surface area contributed by atoms with Crippen molar-refractivity contribution in [1.82, 2.24) is 9.97 Å². The lowest BCUT2D eigenvalue weighted by molar-refractivity contribution is 0.584. The third-order valence-electron chi connectivity index (χ3n) is 2.99. The zero-order valence-electron chi connectivity index (χ0n) is 11.8. The third-order valence-corrected chi connectivity index (χ3v) is 2.99. The predicted octanol–water partition coefficient (Wildman–Crippen LogP) is 3.86. The first-order valence-electron chi connectivity index (χ1n) is 6.57. The largest absolute Gasteiger partial charge is 0.368 e. The second-order valence-corrected chi connectivity index (χ2v) is 4.68. The zero-order chi connectivity index (χ0) is 14.7. The van der Waals surface area contributed by atoms with Crippen molar-refractivity contribution in [2.75, 3.05) is 11.9 Å². The fourth-order valence-corrected chi connectivity index (χ4v) is 1.86. The summed E-state index contributed by atoms with van der Waals surface area (Å²) in [5.74, 6) is -0.692. The highest BCUT2D eigenvalue weighted by Gasteiger charge is 2.13. The summed E-state index contributed by atoms with van der Waals surface area (Å²) >= 11 is 0. The van der Waals surface area contributed by atoms with Crippen molar-refractivity contribution >= 4 is 5.82 Å². The van der Waals surface area contributed by atoms with Crippen LogP contribution in [0, 0.1) is 25.5 Å². The van der Waals surface area contributed by atoms with Crippen molar-refractivity contribution in [3.8, 4) is 11.3 Å². The van der Waals surface area contributed by atoms with Crippen LogP contribution in [0.15, 0.2) is 18.2 Å². The molecule has 0 aliphatic rings. The molecule has 5 heteroatoms. The van der Waals surface area contributed by atoms with Crippen molar-refractivity contribution in [3.63, 3.8) is 0 Å². The van der Waals surface area contributed by atoms with Gasteiger partial charge in [-0.15, -0.1) is 0 Å². The third kappa shape index (κ3) is 3.10. The van der Waals surface area contributed by atoms with Crippen molar-refractivity contribution in [2.24, 2.45) is 0 Å². The molecule has 1 aromatic carbocycles. The van der Waals surface area contributed by atoms with Crippen LogP contribution < -0.4 is 5.32 Å². The van der Waals surface area contributed by atoms with E-state index in [0.717, 1.165) is 30.4 Å². The Kier molecular flexibility index (Phi) is 4.27. The van der Waals surface area contributed by atoms with Gasteiger partial charge in [-0.25, -0.2) is 18.7 Å². The summed E-state index contributed by atoms with van der Waals surface area (Å²) in [5.41, 5.74) is 2.40. The SMILES string of the molecule is CCCNc1nc(C)c(C)nc1-c1cc(F)cc(F)c1. The van der Waals surface area contributed by atoms with E-state index in [9.17, 15) is 8.78 Å². The maximum Gasteiger partial charge on any atom is 0.152 e. The molecule has 2 rings (SSSR count). The minimum absolute atomic E-state index is 0.386. The summed E-state index contributed by atoms with van der Waals surface area (Å²) in [6.45, 7) is 6.44. The van der Waals surface area contributed by atoms with Gasteiger partial charge in [0.1, 0.15) is 17.3 Å². The molecule has 0 bridgehead atoms. The highest BCUT2D eigenvalue weighted by atomic mass is 19.1. The first-order valence-corrected chi connectivity index (χ1v) is 6.57. The second kappa shape index (κ2) is 5.94. The maximum atomic E-state index is 13.4. The molecule has 1 heterocycles. The maximum absolute atomic E-state index is 13.4. The molecule has 0 radical (unpaired) electrons. The first kappa shape index (κ1) is 14.4. The van der Waals surface area contributed by atoms with Crippen molar-refractivity contribution in [3.05, 3.63) is 41.2 Å². The van der Waals surface area contributed by atoms with E-state index < -0.39 is 11.6 Å². The van der Waals surface area contributed by atoms with Gasteiger partial charge in [-0.3, -0.25) is 0 Å². The Bertz CT molecular complexity index is 607. The molecule has 0 aliphatic carbocycles. The molecule has 0 aliphatic heterocycles. The van der Waals surface area contributed by atoms with E-state index in [-0.39, 0.29) is 0 Å². The van der Waals surface area contributed by atoms with Gasteiger partial charge in [0.25, 0.3) is 0 Å². The summed E-state index contributed by atoms with van der Waals surface area (Å²) in [7, 11) is 0. The van der Waals surface area contributed by atoms with Gasteiger partial charge in [-0.05, 0) is 32.4 Å². The van der Waals surface area contributed by atoms with Crippen LogP contribution in [0.4, 0.5) is 14.6 Å². The number of nitrogens with zero attached hydrogens (tertiary/aromatic N) is 2. The Morgan fingerprint density at radius 3 is 2.20 bits per heavy atom. The molecule has 2 aromatic rings. The molecule has 1 aromatic heterocycles. The van der Waals surface area contributed by atoms with Gasteiger partial charge in [0.2, 0.25) is 0 Å². The van der Waals surface area contributed by atoms with E-state index in [4.69, 9.17) is 0 Å². The van der Waals surface area contributed by atoms with Gasteiger partial charge in [0.05, 0.1) is 11.4 Å². The Morgan fingerprint density at radius 2 is 1.60 bits per heavy atom. The minimum atomic E-state index is -0.624. The number of halogens is 2. The number of hydrogen-bond donors (Lipinski definition) is 1. The van der Waals surface area contributed by atoms with Crippen LogP contribution >= 0.6 is 0 Å². The molecule has 0 spiro atoms. The van der Waals surface area contributed by atoms with Crippen LogP contribution in [-0.2, 0) is 0 Å². The predicted molar refractivity (Wildman–Crippen MR) is 75.6 cm³/mol. The molecule has 3 nitrogen and oxygen atoms in total. The molecule has 0 fully saturated rings. The van der Waals surface area contributed by atoms with Crippen LogP contribution in [0.5, 0.6) is 0 Å². The number of nitrogens with one attached hydrogen (secondary N) is 1. The van der Waals surface area contributed by atoms with E-state index >= 15 is 0 Å². The number of hydrogen-bond acceptors (Lipinski definition) is 3. The van der Waals surface area contributed by atoms with Crippen LogP contribution in [0.25, 0.3) is 11.3 Å². The highest BCUT2D eigenvalue weighted by molar-refractivity contribution is 5.71. The normalized spacial score (nSPS) is 10.7. The fraction of sp³-hybridized carbons (Fsp3) is 0.333. The average Bonchev–Trinajstić information content (AvgIpc) is 2.38. The summed E-state index contributed by atoms with van der Waals surface area (Å²) in [4.78, 5) is 8.85. The van der Waals surface area contributed by atoms with Gasteiger partial charge in [-0.1, -0.05) is 6.92 Å². The number of aryl methyl sites for hydroxylation is 2. The lowest BCUT2D eigenvalue weighted by Gasteiger charge is -2.12. The molecule has 0 amide bonds. The van der Waals surface area contributed by atoms with Crippen molar-refractivity contribution in [1.29, 1.82) is 0 Å². The highest BCUT2D eigenvalue weighted by Crippen LogP contribution is 2.27. The Morgan fingerprint density at radius 1 is 1.00 bits per heavy atom. The molecule has 1 N–H and O–H groups in total. The standard InChI is InChI=1S/C15H17F2N3/c1-4-5-18-15-14(19-9(2)10(3)20-15)11-6-12(16)8-13(17)7-11/h6-8H,4-5H2,1-3H3,(H,18,20). The minimum Gasteiger partial charge on any atom is -0.368 e. The van der Waals surface area contributed by atoms with Crippen LogP contribution in [0.2, 0.25) is 0 Å². The quantitative estimate of drug-likeness (QED) is 0.922. The topological polar surface area (TPSA) is 37.8 Å². The molecule has 0 saturated carbocycles. The van der Waals surface area contributed by atoms with Crippen molar-refractivity contribution in [2.45, 2.75) is 27.2 Å². The molecular formula is C15H17F2N3. The van der Waals surface area contributed by atoms with Gasteiger partial charge in [0, 0.05) is 18.2 Å². The smallest absolute Gasteiger partial charge is 0.152 e. The summed E-state index contributed by atoms with van der Waals surface area (Å²) in [6, 6.07) is 3.37.